The lowest BCUT2D eigenvalue weighted by Gasteiger charge is -1.73. The summed E-state index contributed by atoms with van der Waals surface area (Å²) in [5.74, 6) is 0. The normalized spacial score (nSPS) is 7.43. The Kier molecular flexibility index (Phi) is 3.24. The van der Waals surface area contributed by atoms with Gasteiger partial charge in [-0.2, -0.15) is 9.23 Å². The van der Waals surface area contributed by atoms with Gasteiger partial charge in [0.1, 0.15) is 0 Å². The van der Waals surface area contributed by atoms with Crippen molar-refractivity contribution in [1.29, 1.82) is 0 Å². The van der Waals surface area contributed by atoms with Crippen LogP contribution >= 0.6 is 8.45 Å². The first kappa shape index (κ1) is 6.37. The minimum absolute atomic E-state index is 1.36. The molecule has 0 bridgehead atoms. The predicted octanol–water partition coefficient (Wildman–Crippen LogP) is 1.70. The van der Waals surface area contributed by atoms with E-state index in [0.717, 1.165) is 0 Å². The van der Waals surface area contributed by atoms with Gasteiger partial charge in [0.2, 0.25) is 0 Å². The van der Waals surface area contributed by atoms with E-state index in [4.69, 9.17) is 13.1 Å². The first-order valence-electron chi connectivity index (χ1n) is 1.44. The maximum atomic E-state index is 6.27. The van der Waals surface area contributed by atoms with Crippen LogP contribution in [0.1, 0.15) is 0 Å². The fourth-order valence-corrected chi connectivity index (χ4v) is 0.312. The fourth-order valence-electron chi connectivity index (χ4n) is 0.104. The van der Waals surface area contributed by atoms with Gasteiger partial charge in [-0.3, -0.25) is 0 Å². The van der Waals surface area contributed by atoms with Crippen molar-refractivity contribution in [2.75, 3.05) is 7.11 Å². The molecule has 0 N–H and O–H groups in total. The highest BCUT2D eigenvalue weighted by Crippen LogP contribution is 2.38. The lowest BCUT2D eigenvalue weighted by atomic mass is 11.8. The van der Waals surface area contributed by atoms with E-state index in [1.807, 2.05) is 0 Å². The Balaban J connectivity index is 3.50. The van der Waals surface area contributed by atoms with Crippen LogP contribution in [0.15, 0.2) is 0 Å². The highest BCUT2D eigenvalue weighted by molar-refractivity contribution is 7.56. The molecule has 4 heteroatoms. The molecule has 0 spiro atoms. The van der Waals surface area contributed by atoms with E-state index >= 15 is 0 Å². The van der Waals surface area contributed by atoms with Crippen LogP contribution in [0, 0.1) is 13.1 Å². The molecular formula is C3H3N2OP. The van der Waals surface area contributed by atoms with Gasteiger partial charge in [0.15, 0.2) is 0 Å². The summed E-state index contributed by atoms with van der Waals surface area (Å²) in [4.78, 5) is 0. The smallest absolute Gasteiger partial charge is 0.226 e. The summed E-state index contributed by atoms with van der Waals surface area (Å²) >= 11 is 0. The number of nitrogens with zero attached hydrogens (tertiary/aromatic N) is 2. The Morgan fingerprint density at radius 2 is 1.86 bits per heavy atom. The molecule has 0 aromatic heterocycles. The van der Waals surface area contributed by atoms with Gasteiger partial charge in [-0.15, -0.1) is 0 Å². The van der Waals surface area contributed by atoms with Gasteiger partial charge < -0.3 is 0 Å². The zero-order valence-corrected chi connectivity index (χ0v) is 4.64. The van der Waals surface area contributed by atoms with E-state index in [2.05, 4.69) is 13.8 Å². The Morgan fingerprint density at radius 1 is 1.43 bits per heavy atom. The summed E-state index contributed by atoms with van der Waals surface area (Å²) in [7, 11) is -0.108. The first-order valence-corrected chi connectivity index (χ1v) is 2.60. The van der Waals surface area contributed by atoms with Crippen LogP contribution in [-0.2, 0) is 4.52 Å². The molecule has 3 nitrogen and oxygen atoms in total. The van der Waals surface area contributed by atoms with Crippen molar-refractivity contribution in [1.82, 2.24) is 0 Å². The molecule has 0 fully saturated rings. The average molecular weight is 114 g/mol. The van der Waals surface area contributed by atoms with Crippen LogP contribution in [0.3, 0.4) is 0 Å². The molecule has 0 saturated carbocycles. The van der Waals surface area contributed by atoms with Crippen molar-refractivity contribution < 1.29 is 4.52 Å². The van der Waals surface area contributed by atoms with Crippen molar-refractivity contribution >= 4 is 8.45 Å². The Morgan fingerprint density at radius 3 is 1.86 bits per heavy atom. The van der Waals surface area contributed by atoms with Crippen molar-refractivity contribution in [3.8, 4) is 0 Å². The van der Waals surface area contributed by atoms with Crippen LogP contribution in [-0.4, -0.2) is 7.11 Å². The fraction of sp³-hybridized carbons (Fsp3) is 0.333. The summed E-state index contributed by atoms with van der Waals surface area (Å²) in [6.45, 7) is 12.5. The monoisotopic (exact) mass is 114 g/mol. The Labute approximate surface area is 43.5 Å². The molecule has 0 aliphatic heterocycles. The molecule has 0 atom stereocenters. The molecule has 0 rings (SSSR count). The third-order valence-electron chi connectivity index (χ3n) is 0.334. The van der Waals surface area contributed by atoms with Crippen molar-refractivity contribution in [3.63, 3.8) is 0 Å². The van der Waals surface area contributed by atoms with Gasteiger partial charge in [-0.1, -0.05) is 0 Å². The summed E-state index contributed by atoms with van der Waals surface area (Å²) in [6.07, 6.45) is 0. The highest BCUT2D eigenvalue weighted by atomic mass is 31.2. The second-order valence-corrected chi connectivity index (χ2v) is 1.91. The predicted molar refractivity (Wildman–Crippen MR) is 27.1 cm³/mol. The van der Waals surface area contributed by atoms with Gasteiger partial charge in [0.25, 0.3) is 0 Å². The molecule has 0 unspecified atom stereocenters. The van der Waals surface area contributed by atoms with Gasteiger partial charge in [-0.25, -0.2) is 17.7 Å². The summed E-state index contributed by atoms with van der Waals surface area (Å²) in [5, 5.41) is 0. The zero-order valence-electron chi connectivity index (χ0n) is 3.75. The van der Waals surface area contributed by atoms with Crippen molar-refractivity contribution in [3.05, 3.63) is 22.4 Å². The van der Waals surface area contributed by atoms with Gasteiger partial charge >= 0.3 is 8.45 Å². The van der Waals surface area contributed by atoms with E-state index in [1.165, 1.54) is 7.11 Å². The molecule has 0 aliphatic carbocycles. The van der Waals surface area contributed by atoms with E-state index < -0.39 is 8.45 Å². The van der Waals surface area contributed by atoms with Crippen LogP contribution in [0.5, 0.6) is 0 Å². The van der Waals surface area contributed by atoms with Crippen LogP contribution in [0.4, 0.5) is 0 Å². The number of hydrogen-bond donors (Lipinski definition) is 0. The standard InChI is InChI=1S/C3H3N2OP/c1-4-7(5-2)6-3/h3H3. The molecule has 0 aromatic rings. The lowest BCUT2D eigenvalue weighted by molar-refractivity contribution is 0.472. The molecule has 36 valence electrons. The molecule has 0 saturated heterocycles. The second-order valence-electron chi connectivity index (χ2n) is 0.635. The van der Waals surface area contributed by atoms with Crippen LogP contribution in [0.25, 0.3) is 9.23 Å². The van der Waals surface area contributed by atoms with E-state index in [1.54, 1.807) is 0 Å². The molecular weight excluding hydrogens is 111 g/mol. The lowest BCUT2D eigenvalue weighted by Crippen LogP contribution is -1.59. The first-order chi connectivity index (χ1) is 3.35. The van der Waals surface area contributed by atoms with E-state index in [0.29, 0.717) is 0 Å². The topological polar surface area (TPSA) is 18.0 Å². The second kappa shape index (κ2) is 3.56. The largest absolute Gasteiger partial charge is 0.847 e. The minimum Gasteiger partial charge on any atom is -0.226 e. The summed E-state index contributed by atoms with van der Waals surface area (Å²) < 4.78 is 10.1. The molecule has 0 aliphatic rings. The SMILES string of the molecule is [C-]#[N+]P([N+]#[C-])OC. The van der Waals surface area contributed by atoms with Gasteiger partial charge in [0, 0.05) is 0 Å². The Hall–Kier alpha value is -0.630. The van der Waals surface area contributed by atoms with Crippen LogP contribution in [0.2, 0.25) is 0 Å². The summed E-state index contributed by atoms with van der Waals surface area (Å²) in [5.41, 5.74) is 0. The van der Waals surface area contributed by atoms with Crippen LogP contribution < -0.4 is 0 Å². The molecule has 0 heterocycles. The zero-order chi connectivity index (χ0) is 5.70. The van der Waals surface area contributed by atoms with Gasteiger partial charge in [-0.05, 0) is 0 Å². The maximum Gasteiger partial charge on any atom is 0.847 e. The summed E-state index contributed by atoms with van der Waals surface area (Å²) in [6, 6.07) is 0. The Bertz CT molecular complexity index is 108. The molecule has 0 aromatic carbocycles. The third kappa shape index (κ3) is 2.11. The van der Waals surface area contributed by atoms with Crippen molar-refractivity contribution in [2.45, 2.75) is 0 Å². The number of rotatable bonds is 1. The third-order valence-corrected chi connectivity index (χ3v) is 1.00. The molecule has 0 amide bonds. The van der Waals surface area contributed by atoms with E-state index in [9.17, 15) is 0 Å². The average Bonchev–Trinajstić information content (AvgIpc) is 1.72. The molecule has 7 heavy (non-hydrogen) atoms. The van der Waals surface area contributed by atoms with Crippen molar-refractivity contribution in [2.24, 2.45) is 0 Å². The van der Waals surface area contributed by atoms with Gasteiger partial charge in [0.05, 0.1) is 7.11 Å². The highest BCUT2D eigenvalue weighted by Gasteiger charge is 2.23. The minimum atomic E-state index is -1.47. The molecule has 0 radical (unpaired) electrons. The maximum absolute atomic E-state index is 6.27. The van der Waals surface area contributed by atoms with E-state index in [-0.39, 0.29) is 0 Å². The number of hydrogen-bond acceptors (Lipinski definition) is 1. The quantitative estimate of drug-likeness (QED) is 0.374.